The molecule has 1 atom stereocenters. The van der Waals surface area contributed by atoms with Crippen molar-refractivity contribution < 1.29 is 4.39 Å². The molecule has 1 aromatic rings. The van der Waals surface area contributed by atoms with Gasteiger partial charge in [0, 0.05) is 30.2 Å². The van der Waals surface area contributed by atoms with E-state index in [0.717, 1.165) is 18.5 Å². The largest absolute Gasteiger partial charge is 0.310 e. The smallest absolute Gasteiger partial charge is 0.127 e. The average Bonchev–Trinajstić information content (AvgIpc) is 2.62. The number of likely N-dealkylation sites (N-methyl/N-ethyl adjacent to an activating group) is 1. The van der Waals surface area contributed by atoms with Gasteiger partial charge >= 0.3 is 0 Å². The van der Waals surface area contributed by atoms with Gasteiger partial charge in [-0.25, -0.2) is 4.39 Å². The van der Waals surface area contributed by atoms with Crippen LogP contribution in [-0.4, -0.2) is 30.1 Å². The van der Waals surface area contributed by atoms with Crippen LogP contribution in [0, 0.1) is 5.82 Å². The third-order valence-electron chi connectivity index (χ3n) is 3.56. The fraction of sp³-hybridized carbons (Fsp3) is 0.571. The first-order chi connectivity index (χ1) is 7.98. The van der Waals surface area contributed by atoms with Crippen LogP contribution in [0.5, 0.6) is 0 Å². The minimum Gasteiger partial charge on any atom is -0.310 e. The number of rotatable bonds is 3. The molecule has 1 N–H and O–H groups in total. The molecule has 1 heterocycles. The molecular weight excluding hydrogens is 215 g/mol. The Morgan fingerprint density at radius 2 is 2.12 bits per heavy atom. The van der Waals surface area contributed by atoms with Gasteiger partial charge in [0.05, 0.1) is 0 Å². The van der Waals surface area contributed by atoms with Crippen molar-refractivity contribution >= 4 is 0 Å². The van der Waals surface area contributed by atoms with E-state index in [2.05, 4.69) is 31.1 Å². The maximum atomic E-state index is 13.5. The summed E-state index contributed by atoms with van der Waals surface area (Å²) in [5.74, 6) is -0.107. The van der Waals surface area contributed by atoms with Crippen LogP contribution < -0.4 is 5.32 Å². The number of nitrogens with zero attached hydrogens (tertiary/aromatic N) is 1. The van der Waals surface area contributed by atoms with E-state index in [-0.39, 0.29) is 11.4 Å². The van der Waals surface area contributed by atoms with E-state index >= 15 is 0 Å². The van der Waals surface area contributed by atoms with Crippen LogP contribution in [0.4, 0.5) is 4.39 Å². The van der Waals surface area contributed by atoms with Crippen molar-refractivity contribution in [2.45, 2.75) is 38.4 Å². The van der Waals surface area contributed by atoms with E-state index in [0.29, 0.717) is 12.6 Å². The van der Waals surface area contributed by atoms with Gasteiger partial charge in [0.15, 0.2) is 0 Å². The van der Waals surface area contributed by atoms with Gasteiger partial charge in [0.1, 0.15) is 5.82 Å². The number of hydrogen-bond donors (Lipinski definition) is 1. The van der Waals surface area contributed by atoms with E-state index in [1.807, 2.05) is 12.1 Å². The summed E-state index contributed by atoms with van der Waals surface area (Å²) in [7, 11) is 2.07. The summed E-state index contributed by atoms with van der Waals surface area (Å²) >= 11 is 0. The van der Waals surface area contributed by atoms with E-state index in [4.69, 9.17) is 0 Å². The summed E-state index contributed by atoms with van der Waals surface area (Å²) in [6.45, 7) is 6.08. The Morgan fingerprint density at radius 3 is 2.71 bits per heavy atom. The molecular formula is C14H21FN2. The monoisotopic (exact) mass is 236 g/mol. The molecule has 2 rings (SSSR count). The van der Waals surface area contributed by atoms with Crippen molar-refractivity contribution in [1.82, 2.24) is 10.2 Å². The summed E-state index contributed by atoms with van der Waals surface area (Å²) < 4.78 is 13.5. The summed E-state index contributed by atoms with van der Waals surface area (Å²) in [5, 5.41) is 3.49. The lowest BCUT2D eigenvalue weighted by molar-refractivity contribution is 0.237. The molecule has 0 bridgehead atoms. The van der Waals surface area contributed by atoms with Gasteiger partial charge in [-0.2, -0.15) is 0 Å². The van der Waals surface area contributed by atoms with E-state index in [9.17, 15) is 4.39 Å². The molecule has 0 aliphatic carbocycles. The van der Waals surface area contributed by atoms with Crippen LogP contribution >= 0.6 is 0 Å². The Kier molecular flexibility index (Phi) is 3.50. The van der Waals surface area contributed by atoms with Crippen LogP contribution in [0.2, 0.25) is 0 Å². The molecule has 0 saturated carbocycles. The van der Waals surface area contributed by atoms with Gasteiger partial charge < -0.3 is 5.32 Å². The predicted molar refractivity (Wildman–Crippen MR) is 68.4 cm³/mol. The summed E-state index contributed by atoms with van der Waals surface area (Å²) in [6.07, 6.45) is 1.11. The molecule has 0 aromatic heterocycles. The molecule has 1 fully saturated rings. The van der Waals surface area contributed by atoms with Crippen LogP contribution in [0.25, 0.3) is 0 Å². The predicted octanol–water partition coefficient (Wildman–Crippen LogP) is 2.40. The van der Waals surface area contributed by atoms with Gasteiger partial charge in [-0.15, -0.1) is 0 Å². The van der Waals surface area contributed by atoms with Gasteiger partial charge in [0.2, 0.25) is 0 Å². The van der Waals surface area contributed by atoms with Crippen molar-refractivity contribution in [1.29, 1.82) is 0 Å². The quantitative estimate of drug-likeness (QED) is 0.867. The van der Waals surface area contributed by atoms with E-state index < -0.39 is 0 Å². The highest BCUT2D eigenvalue weighted by molar-refractivity contribution is 5.17. The zero-order valence-electron chi connectivity index (χ0n) is 10.8. The lowest BCUT2D eigenvalue weighted by Gasteiger charge is -2.25. The molecule has 0 spiro atoms. The second-order valence-electron chi connectivity index (χ2n) is 5.63. The van der Waals surface area contributed by atoms with Crippen LogP contribution in [-0.2, 0) is 6.54 Å². The first-order valence-electron chi connectivity index (χ1n) is 6.17. The second kappa shape index (κ2) is 4.75. The molecule has 1 aromatic carbocycles. The summed E-state index contributed by atoms with van der Waals surface area (Å²) in [6, 6.07) is 7.51. The van der Waals surface area contributed by atoms with Crippen molar-refractivity contribution in [2.75, 3.05) is 13.6 Å². The third-order valence-corrected chi connectivity index (χ3v) is 3.56. The number of hydrogen-bond acceptors (Lipinski definition) is 2. The van der Waals surface area contributed by atoms with Gasteiger partial charge in [-0.3, -0.25) is 4.90 Å². The van der Waals surface area contributed by atoms with Crippen molar-refractivity contribution in [3.63, 3.8) is 0 Å². The Balaban J connectivity index is 1.98. The first-order valence-corrected chi connectivity index (χ1v) is 6.17. The lowest BCUT2D eigenvalue weighted by atomic mass is 10.0. The Labute approximate surface area is 103 Å². The third kappa shape index (κ3) is 3.05. The molecule has 17 heavy (non-hydrogen) atoms. The van der Waals surface area contributed by atoms with Crippen molar-refractivity contribution in [3.05, 3.63) is 35.6 Å². The Morgan fingerprint density at radius 1 is 1.41 bits per heavy atom. The van der Waals surface area contributed by atoms with E-state index in [1.165, 1.54) is 6.07 Å². The lowest BCUT2D eigenvalue weighted by Crippen LogP contribution is -2.33. The van der Waals surface area contributed by atoms with Crippen LogP contribution in [0.15, 0.2) is 24.3 Å². The SMILES string of the molecule is CN(Cc1ccccc1F)C1CNC(C)(C)C1. The van der Waals surface area contributed by atoms with Gasteiger partial charge in [0.25, 0.3) is 0 Å². The first kappa shape index (κ1) is 12.5. The highest BCUT2D eigenvalue weighted by Gasteiger charge is 2.32. The molecule has 0 radical (unpaired) electrons. The Bertz CT molecular complexity index is 390. The summed E-state index contributed by atoms with van der Waals surface area (Å²) in [5.41, 5.74) is 0.980. The number of nitrogens with one attached hydrogen (secondary N) is 1. The highest BCUT2D eigenvalue weighted by atomic mass is 19.1. The van der Waals surface area contributed by atoms with Crippen molar-refractivity contribution in [3.8, 4) is 0 Å². The standard InChI is InChI=1S/C14H21FN2/c1-14(2)8-12(9-16-14)17(3)10-11-6-4-5-7-13(11)15/h4-7,12,16H,8-10H2,1-3H3. The maximum absolute atomic E-state index is 13.5. The maximum Gasteiger partial charge on any atom is 0.127 e. The van der Waals surface area contributed by atoms with E-state index in [1.54, 1.807) is 6.07 Å². The average molecular weight is 236 g/mol. The molecule has 1 aliphatic rings. The zero-order valence-corrected chi connectivity index (χ0v) is 10.8. The van der Waals surface area contributed by atoms with Gasteiger partial charge in [-0.05, 0) is 33.4 Å². The summed E-state index contributed by atoms with van der Waals surface area (Å²) in [4.78, 5) is 2.24. The molecule has 1 aliphatic heterocycles. The second-order valence-corrected chi connectivity index (χ2v) is 5.63. The molecule has 1 unspecified atom stereocenters. The fourth-order valence-corrected chi connectivity index (χ4v) is 2.46. The molecule has 1 saturated heterocycles. The van der Waals surface area contributed by atoms with Crippen molar-refractivity contribution in [2.24, 2.45) is 0 Å². The highest BCUT2D eigenvalue weighted by Crippen LogP contribution is 2.22. The molecule has 3 heteroatoms. The minimum atomic E-state index is -0.107. The normalized spacial score (nSPS) is 23.2. The molecule has 2 nitrogen and oxygen atoms in total. The zero-order chi connectivity index (χ0) is 12.5. The van der Waals surface area contributed by atoms with Gasteiger partial charge in [-0.1, -0.05) is 18.2 Å². The minimum absolute atomic E-state index is 0.107. The fourth-order valence-electron chi connectivity index (χ4n) is 2.46. The van der Waals surface area contributed by atoms with Crippen LogP contribution in [0.1, 0.15) is 25.8 Å². The number of benzene rings is 1. The molecule has 0 amide bonds. The van der Waals surface area contributed by atoms with Crippen LogP contribution in [0.3, 0.4) is 0 Å². The molecule has 94 valence electrons. The number of halogens is 1. The topological polar surface area (TPSA) is 15.3 Å². The Hall–Kier alpha value is -0.930.